The Balaban J connectivity index is 1.57. The Morgan fingerprint density at radius 2 is 1.75 bits per heavy atom. The normalized spacial score (nSPS) is 15.8. The predicted octanol–water partition coefficient (Wildman–Crippen LogP) is 5.13. The van der Waals surface area contributed by atoms with Crippen molar-refractivity contribution in [2.45, 2.75) is 25.2 Å². The first kappa shape index (κ1) is 25.8. The highest BCUT2D eigenvalue weighted by molar-refractivity contribution is 8.26. The van der Waals surface area contributed by atoms with Crippen LogP contribution in [0.15, 0.2) is 41.3 Å². The number of aryl methyl sites for hydroxylation is 1. The number of nitrogens with one attached hydrogen (secondary N) is 1. The van der Waals surface area contributed by atoms with E-state index in [1.165, 1.54) is 29.2 Å². The van der Waals surface area contributed by atoms with Crippen molar-refractivity contribution in [2.24, 2.45) is 0 Å². The van der Waals surface area contributed by atoms with Crippen molar-refractivity contribution >= 4 is 40.3 Å². The van der Waals surface area contributed by atoms with Crippen LogP contribution in [-0.2, 0) is 23.6 Å². The Morgan fingerprint density at radius 3 is 2.36 bits per heavy atom. The average Bonchev–Trinajstić information content (AvgIpc) is 3.41. The van der Waals surface area contributed by atoms with Gasteiger partial charge in [-0.1, -0.05) is 35.3 Å². The van der Waals surface area contributed by atoms with Crippen molar-refractivity contribution in [3.05, 3.63) is 63.9 Å². The van der Waals surface area contributed by atoms with Crippen LogP contribution in [0.4, 0.5) is 26.3 Å². The fourth-order valence-corrected chi connectivity index (χ4v) is 4.60. The fourth-order valence-electron chi connectivity index (χ4n) is 3.31. The first-order valence-electron chi connectivity index (χ1n) is 10.2. The summed E-state index contributed by atoms with van der Waals surface area (Å²) in [7, 11) is 0. The third-order valence-electron chi connectivity index (χ3n) is 4.98. The Hall–Kier alpha value is -3.33. The lowest BCUT2D eigenvalue weighted by atomic mass is 10.0. The van der Waals surface area contributed by atoms with E-state index in [1.807, 2.05) is 0 Å². The van der Waals surface area contributed by atoms with Gasteiger partial charge in [0.25, 0.3) is 5.91 Å². The van der Waals surface area contributed by atoms with E-state index in [0.29, 0.717) is 41.7 Å². The predicted molar refractivity (Wildman–Crippen MR) is 122 cm³/mol. The number of tetrazole rings is 1. The smallest absolute Gasteiger partial charge is 0.293 e. The van der Waals surface area contributed by atoms with Gasteiger partial charge < -0.3 is 0 Å². The molecule has 1 aliphatic rings. The largest absolute Gasteiger partial charge is 0.416 e. The number of carbonyl (C=O) groups is 1. The van der Waals surface area contributed by atoms with Crippen LogP contribution in [0.5, 0.6) is 0 Å². The van der Waals surface area contributed by atoms with Gasteiger partial charge in [0.1, 0.15) is 4.32 Å². The van der Waals surface area contributed by atoms with E-state index in [4.69, 9.17) is 12.2 Å². The summed E-state index contributed by atoms with van der Waals surface area (Å²) < 4.78 is 79.6. The summed E-state index contributed by atoms with van der Waals surface area (Å²) in [6.07, 6.45) is -7.59. The van der Waals surface area contributed by atoms with Crippen LogP contribution in [-0.4, -0.2) is 47.3 Å². The molecule has 15 heteroatoms. The molecule has 0 spiro atoms. The molecule has 188 valence electrons. The van der Waals surface area contributed by atoms with Crippen LogP contribution in [0.2, 0.25) is 0 Å². The summed E-state index contributed by atoms with van der Waals surface area (Å²) in [4.78, 5) is 18.6. The van der Waals surface area contributed by atoms with Gasteiger partial charge in [0, 0.05) is 18.5 Å². The number of H-pyrrole nitrogens is 1. The number of nitrogens with zero attached hydrogens (tertiary/aromatic N) is 5. The van der Waals surface area contributed by atoms with Gasteiger partial charge in [0.2, 0.25) is 0 Å². The van der Waals surface area contributed by atoms with Crippen molar-refractivity contribution in [1.82, 2.24) is 30.5 Å². The molecule has 36 heavy (non-hydrogen) atoms. The number of amides is 1. The molecular weight excluding hydrogens is 530 g/mol. The van der Waals surface area contributed by atoms with E-state index in [9.17, 15) is 31.1 Å². The summed E-state index contributed by atoms with van der Waals surface area (Å²) in [6.45, 7) is 0.300. The summed E-state index contributed by atoms with van der Waals surface area (Å²) in [5, 5.41) is 13.4. The molecule has 1 aromatic carbocycles. The van der Waals surface area contributed by atoms with Crippen LogP contribution in [0.25, 0.3) is 17.3 Å². The number of pyridine rings is 1. The van der Waals surface area contributed by atoms with E-state index in [-0.39, 0.29) is 33.8 Å². The summed E-state index contributed by atoms with van der Waals surface area (Å²) in [6, 6.07) is 5.44. The quantitative estimate of drug-likeness (QED) is 0.262. The van der Waals surface area contributed by atoms with Gasteiger partial charge in [0.05, 0.1) is 27.4 Å². The lowest BCUT2D eigenvalue weighted by Crippen LogP contribution is -2.29. The molecule has 3 aromatic rings. The third-order valence-corrected chi connectivity index (χ3v) is 6.36. The third kappa shape index (κ3) is 5.90. The van der Waals surface area contributed by atoms with Crippen LogP contribution >= 0.6 is 24.0 Å². The highest BCUT2D eigenvalue weighted by Crippen LogP contribution is 2.38. The van der Waals surface area contributed by atoms with Crippen LogP contribution in [0.1, 0.15) is 29.1 Å². The maximum absolute atomic E-state index is 13.2. The summed E-state index contributed by atoms with van der Waals surface area (Å²) in [5.74, 6) is 0.101. The minimum atomic E-state index is -4.98. The second kappa shape index (κ2) is 9.97. The van der Waals surface area contributed by atoms with Crippen molar-refractivity contribution < 1.29 is 31.1 Å². The lowest BCUT2D eigenvalue weighted by Gasteiger charge is -2.14. The molecule has 1 amide bonds. The molecule has 3 heterocycles. The number of rotatable bonds is 6. The lowest BCUT2D eigenvalue weighted by molar-refractivity contribution is -0.143. The number of thiocarbonyl (C=S) groups is 1. The van der Waals surface area contributed by atoms with Gasteiger partial charge in [-0.2, -0.15) is 31.6 Å². The second-order valence-electron chi connectivity index (χ2n) is 7.51. The number of halogens is 6. The van der Waals surface area contributed by atoms with E-state index in [1.54, 1.807) is 0 Å². The van der Waals surface area contributed by atoms with Gasteiger partial charge in [-0.05, 0) is 42.8 Å². The zero-order valence-corrected chi connectivity index (χ0v) is 19.5. The molecule has 0 bridgehead atoms. The average molecular weight is 545 g/mol. The fraction of sp³-hybridized carbons (Fsp3) is 0.238. The van der Waals surface area contributed by atoms with Crippen LogP contribution in [0.3, 0.4) is 0 Å². The number of hydrogen-bond donors (Lipinski definition) is 1. The molecule has 0 unspecified atom stereocenters. The van der Waals surface area contributed by atoms with Crippen molar-refractivity contribution in [2.75, 3.05) is 6.54 Å². The molecule has 1 aliphatic heterocycles. The van der Waals surface area contributed by atoms with Crippen molar-refractivity contribution in [3.8, 4) is 11.3 Å². The molecule has 4 rings (SSSR count). The topological polar surface area (TPSA) is 87.7 Å². The van der Waals surface area contributed by atoms with Gasteiger partial charge in [-0.3, -0.25) is 9.69 Å². The van der Waals surface area contributed by atoms with Crippen molar-refractivity contribution in [1.29, 1.82) is 0 Å². The molecule has 0 atom stereocenters. The number of alkyl halides is 6. The number of hydrogen-bond acceptors (Lipinski definition) is 7. The number of aromatic nitrogens is 5. The number of carbonyl (C=O) groups excluding carboxylic acids is 1. The SMILES string of the molecule is O=C1/C(=C/c2cccc(-c3cc(C(F)(F)F)cc(C(F)(F)F)c3)n2)SC(=S)N1CCCc1nn[nH]n1. The van der Waals surface area contributed by atoms with Crippen molar-refractivity contribution in [3.63, 3.8) is 0 Å². The highest BCUT2D eigenvalue weighted by atomic mass is 32.2. The zero-order valence-electron chi connectivity index (χ0n) is 17.9. The first-order valence-corrected chi connectivity index (χ1v) is 11.4. The van der Waals surface area contributed by atoms with E-state index < -0.39 is 23.5 Å². The number of aromatic amines is 1. The Labute approximate surface area is 209 Å². The molecule has 7 nitrogen and oxygen atoms in total. The second-order valence-corrected chi connectivity index (χ2v) is 9.18. The van der Waals surface area contributed by atoms with E-state index >= 15 is 0 Å². The molecule has 2 aromatic heterocycles. The monoisotopic (exact) mass is 544 g/mol. The van der Waals surface area contributed by atoms with Gasteiger partial charge >= 0.3 is 12.4 Å². The Kier molecular flexibility index (Phi) is 7.13. The number of thioether (sulfide) groups is 1. The molecule has 1 fully saturated rings. The van der Waals surface area contributed by atoms with Crippen LogP contribution in [0, 0.1) is 0 Å². The minimum Gasteiger partial charge on any atom is -0.293 e. The first-order chi connectivity index (χ1) is 16.9. The Morgan fingerprint density at radius 1 is 1.06 bits per heavy atom. The molecule has 0 aliphatic carbocycles. The van der Waals surface area contributed by atoms with Crippen LogP contribution < -0.4 is 0 Å². The highest BCUT2D eigenvalue weighted by Gasteiger charge is 2.37. The molecule has 1 saturated heterocycles. The standard InChI is InChI=1S/C21H14F6N6OS2/c22-20(23,24)12-7-11(8-13(9-12)21(25,26)27)15-4-1-3-14(28-15)10-16-18(34)33(19(35)36-16)6-2-5-17-29-31-32-30-17/h1,3-4,7-10H,2,5-6H2,(H,29,30,31,32)/b16-10-. The number of benzene rings is 1. The van der Waals surface area contributed by atoms with Gasteiger partial charge in [-0.25, -0.2) is 4.98 Å². The van der Waals surface area contributed by atoms with E-state index in [2.05, 4.69) is 25.6 Å². The van der Waals surface area contributed by atoms with Gasteiger partial charge in [-0.15, -0.1) is 10.2 Å². The van der Waals surface area contributed by atoms with Gasteiger partial charge in [0.15, 0.2) is 5.82 Å². The maximum Gasteiger partial charge on any atom is 0.416 e. The summed E-state index contributed by atoms with van der Waals surface area (Å²) >= 11 is 6.29. The van der Waals surface area contributed by atoms with E-state index in [0.717, 1.165) is 11.8 Å². The zero-order chi connectivity index (χ0) is 26.1. The summed E-state index contributed by atoms with van der Waals surface area (Å²) in [5.41, 5.74) is -3.19. The Bertz CT molecular complexity index is 1290. The minimum absolute atomic E-state index is 0.0530. The maximum atomic E-state index is 13.2. The molecule has 1 N–H and O–H groups in total. The molecular formula is C21H14F6N6OS2. The molecule has 0 radical (unpaired) electrons. The molecule has 0 saturated carbocycles.